The average molecular weight is 409 g/mol. The highest BCUT2D eigenvalue weighted by Gasteiger charge is 2.32. The van der Waals surface area contributed by atoms with Gasteiger partial charge in [-0.25, -0.2) is 8.42 Å². The molecular formula is C19H24N2O4S2. The van der Waals surface area contributed by atoms with E-state index in [1.807, 2.05) is 31.2 Å². The van der Waals surface area contributed by atoms with Gasteiger partial charge in [0.15, 0.2) is 0 Å². The van der Waals surface area contributed by atoms with E-state index in [1.165, 1.54) is 15.6 Å². The first-order chi connectivity index (χ1) is 12.9. The molecule has 1 amide bonds. The zero-order valence-electron chi connectivity index (χ0n) is 15.4. The molecule has 0 aliphatic carbocycles. The number of carbonyl (C=O) groups is 1. The largest absolute Gasteiger partial charge is 0.497 e. The summed E-state index contributed by atoms with van der Waals surface area (Å²) in [6, 6.07) is 10.8. The van der Waals surface area contributed by atoms with Crippen LogP contribution in [0.1, 0.15) is 31.4 Å². The Morgan fingerprint density at radius 2 is 1.89 bits per heavy atom. The number of thiophene rings is 1. The van der Waals surface area contributed by atoms with Crippen LogP contribution in [0, 0.1) is 5.92 Å². The second-order valence-electron chi connectivity index (χ2n) is 6.61. The fraction of sp³-hybridized carbons (Fsp3) is 0.421. The van der Waals surface area contributed by atoms with Crippen molar-refractivity contribution in [3.05, 3.63) is 47.3 Å². The van der Waals surface area contributed by atoms with Crippen LogP contribution < -0.4 is 10.1 Å². The molecule has 0 saturated carbocycles. The number of hydrogen-bond acceptors (Lipinski definition) is 5. The molecular weight excluding hydrogens is 384 g/mol. The zero-order chi connectivity index (χ0) is 19.4. The quantitative estimate of drug-likeness (QED) is 0.797. The maximum atomic E-state index is 12.6. The zero-order valence-corrected chi connectivity index (χ0v) is 17.1. The third kappa shape index (κ3) is 4.51. The van der Waals surface area contributed by atoms with Crippen LogP contribution in [0.5, 0.6) is 5.75 Å². The molecule has 2 heterocycles. The van der Waals surface area contributed by atoms with Gasteiger partial charge >= 0.3 is 0 Å². The molecule has 1 fully saturated rings. The molecule has 1 aromatic carbocycles. The van der Waals surface area contributed by atoms with Crippen molar-refractivity contribution in [1.29, 1.82) is 0 Å². The van der Waals surface area contributed by atoms with E-state index >= 15 is 0 Å². The summed E-state index contributed by atoms with van der Waals surface area (Å²) in [4.78, 5) is 12.6. The molecule has 1 aliphatic heterocycles. The first-order valence-electron chi connectivity index (χ1n) is 8.90. The highest BCUT2D eigenvalue weighted by Crippen LogP contribution is 2.27. The third-order valence-electron chi connectivity index (χ3n) is 4.89. The minimum atomic E-state index is -3.43. The monoisotopic (exact) mass is 408 g/mol. The molecule has 0 bridgehead atoms. The third-order valence-corrected chi connectivity index (χ3v) is 8.16. The number of methoxy groups -OCH3 is 1. The van der Waals surface area contributed by atoms with Gasteiger partial charge in [0.1, 0.15) is 9.96 Å². The van der Waals surface area contributed by atoms with E-state index in [0.717, 1.165) is 11.3 Å². The van der Waals surface area contributed by atoms with Crippen LogP contribution in [0.2, 0.25) is 0 Å². The molecule has 6 nitrogen and oxygen atoms in total. The number of sulfonamides is 1. The van der Waals surface area contributed by atoms with E-state index in [9.17, 15) is 13.2 Å². The highest BCUT2D eigenvalue weighted by atomic mass is 32.2. The Balaban J connectivity index is 1.55. The van der Waals surface area contributed by atoms with Crippen molar-refractivity contribution >= 4 is 27.3 Å². The average Bonchev–Trinajstić information content (AvgIpc) is 3.24. The van der Waals surface area contributed by atoms with Gasteiger partial charge in [0.05, 0.1) is 13.2 Å². The molecule has 1 aliphatic rings. The molecule has 3 rings (SSSR count). The standard InChI is InChI=1S/C19H24N2O4S2/c1-14(15-5-7-17(25-2)8-6-15)20-19(22)16-9-11-21(12-10-16)27(23,24)18-4-3-13-26-18/h3-8,13-14,16H,9-12H2,1-2H3,(H,20,22)/t14-/m1/s1. The van der Waals surface area contributed by atoms with Gasteiger partial charge in [-0.3, -0.25) is 4.79 Å². The van der Waals surface area contributed by atoms with Gasteiger partial charge in [0.25, 0.3) is 10.0 Å². The lowest BCUT2D eigenvalue weighted by Crippen LogP contribution is -2.43. The summed E-state index contributed by atoms with van der Waals surface area (Å²) in [5.74, 6) is 0.587. The van der Waals surface area contributed by atoms with E-state index in [2.05, 4.69) is 5.32 Å². The van der Waals surface area contributed by atoms with Crippen LogP contribution in [-0.4, -0.2) is 38.8 Å². The smallest absolute Gasteiger partial charge is 0.252 e. The van der Waals surface area contributed by atoms with Crippen molar-refractivity contribution in [2.75, 3.05) is 20.2 Å². The highest BCUT2D eigenvalue weighted by molar-refractivity contribution is 7.91. The van der Waals surface area contributed by atoms with Crippen LogP contribution in [0.4, 0.5) is 0 Å². The van der Waals surface area contributed by atoms with Crippen LogP contribution in [0.3, 0.4) is 0 Å². The van der Waals surface area contributed by atoms with Crippen molar-refractivity contribution in [1.82, 2.24) is 9.62 Å². The predicted octanol–water partition coefficient (Wildman–Crippen LogP) is 3.03. The van der Waals surface area contributed by atoms with Crippen LogP contribution in [-0.2, 0) is 14.8 Å². The first-order valence-corrected chi connectivity index (χ1v) is 11.2. The minimum Gasteiger partial charge on any atom is -0.497 e. The maximum Gasteiger partial charge on any atom is 0.252 e. The molecule has 27 heavy (non-hydrogen) atoms. The van der Waals surface area contributed by atoms with Crippen molar-refractivity contribution < 1.29 is 17.9 Å². The summed E-state index contributed by atoms with van der Waals surface area (Å²) in [7, 11) is -1.82. The molecule has 0 spiro atoms. The summed E-state index contributed by atoms with van der Waals surface area (Å²) < 4.78 is 32.1. The number of hydrogen-bond donors (Lipinski definition) is 1. The van der Waals surface area contributed by atoms with Crippen molar-refractivity contribution in [2.45, 2.75) is 30.0 Å². The van der Waals surface area contributed by atoms with E-state index in [0.29, 0.717) is 30.1 Å². The van der Waals surface area contributed by atoms with Crippen molar-refractivity contribution in [2.24, 2.45) is 5.92 Å². The van der Waals surface area contributed by atoms with Gasteiger partial charge < -0.3 is 10.1 Å². The molecule has 1 saturated heterocycles. The molecule has 2 aromatic rings. The van der Waals surface area contributed by atoms with Crippen LogP contribution in [0.25, 0.3) is 0 Å². The van der Waals surface area contributed by atoms with E-state index < -0.39 is 10.0 Å². The lowest BCUT2D eigenvalue weighted by atomic mass is 9.96. The molecule has 8 heteroatoms. The molecule has 146 valence electrons. The molecule has 0 unspecified atom stereocenters. The van der Waals surface area contributed by atoms with Crippen molar-refractivity contribution in [3.8, 4) is 5.75 Å². The van der Waals surface area contributed by atoms with Gasteiger partial charge in [-0.2, -0.15) is 4.31 Å². The fourth-order valence-electron chi connectivity index (χ4n) is 3.20. The molecule has 1 aromatic heterocycles. The summed E-state index contributed by atoms with van der Waals surface area (Å²) >= 11 is 1.22. The summed E-state index contributed by atoms with van der Waals surface area (Å²) in [6.45, 7) is 2.68. The number of piperidine rings is 1. The van der Waals surface area contributed by atoms with Crippen LogP contribution >= 0.6 is 11.3 Å². The van der Waals surface area contributed by atoms with Crippen molar-refractivity contribution in [3.63, 3.8) is 0 Å². The SMILES string of the molecule is COc1ccc([C@@H](C)NC(=O)C2CCN(S(=O)(=O)c3cccs3)CC2)cc1. The van der Waals surface area contributed by atoms with E-state index in [1.54, 1.807) is 24.6 Å². The molecule has 1 N–H and O–H groups in total. The second-order valence-corrected chi connectivity index (χ2v) is 9.73. The van der Waals surface area contributed by atoms with E-state index in [4.69, 9.17) is 4.74 Å². The number of nitrogens with one attached hydrogen (secondary N) is 1. The number of carbonyl (C=O) groups excluding carboxylic acids is 1. The lowest BCUT2D eigenvalue weighted by Gasteiger charge is -2.30. The number of amides is 1. The van der Waals surface area contributed by atoms with Crippen LogP contribution in [0.15, 0.2) is 46.0 Å². The Morgan fingerprint density at radius 3 is 2.44 bits per heavy atom. The Labute approximate surface area is 164 Å². The van der Waals surface area contributed by atoms with Gasteiger partial charge in [-0.05, 0) is 48.9 Å². The summed E-state index contributed by atoms with van der Waals surface area (Å²) in [6.07, 6.45) is 1.07. The Morgan fingerprint density at radius 1 is 1.22 bits per heavy atom. The molecule has 0 radical (unpaired) electrons. The maximum absolute atomic E-state index is 12.6. The van der Waals surface area contributed by atoms with Gasteiger partial charge in [-0.1, -0.05) is 18.2 Å². The number of rotatable bonds is 6. The number of ether oxygens (including phenoxy) is 1. The summed E-state index contributed by atoms with van der Waals surface area (Å²) in [5.41, 5.74) is 1.00. The van der Waals surface area contributed by atoms with Gasteiger partial charge in [0.2, 0.25) is 5.91 Å². The fourth-order valence-corrected chi connectivity index (χ4v) is 5.82. The number of nitrogens with zero attached hydrogens (tertiary/aromatic N) is 1. The van der Waals surface area contributed by atoms with Gasteiger partial charge in [-0.15, -0.1) is 11.3 Å². The van der Waals surface area contributed by atoms with Gasteiger partial charge in [0, 0.05) is 19.0 Å². The minimum absolute atomic E-state index is 0.0218. The predicted molar refractivity (Wildman–Crippen MR) is 105 cm³/mol. The number of benzene rings is 1. The van der Waals surface area contributed by atoms with E-state index in [-0.39, 0.29) is 17.9 Å². The normalized spacial score (nSPS) is 17.4. The lowest BCUT2D eigenvalue weighted by molar-refractivity contribution is -0.126. The Kier molecular flexibility index (Phi) is 6.18. The molecule has 1 atom stereocenters. The Hall–Kier alpha value is -1.90. The topological polar surface area (TPSA) is 75.7 Å². The first kappa shape index (κ1) is 19.9. The Bertz CT molecular complexity index is 856. The summed E-state index contributed by atoms with van der Waals surface area (Å²) in [5, 5.41) is 4.80. The second kappa shape index (κ2) is 8.41.